The number of carbonyl (C=O) groups is 1. The molecule has 1 unspecified atom stereocenters. The van der Waals surface area contributed by atoms with Crippen molar-refractivity contribution in [2.75, 3.05) is 0 Å². The minimum absolute atomic E-state index is 0.193. The number of aromatic amines is 1. The monoisotopic (exact) mass is 391 g/mol. The summed E-state index contributed by atoms with van der Waals surface area (Å²) in [6.45, 7) is 0.767. The maximum Gasteiger partial charge on any atom is 0.269 e. The van der Waals surface area contributed by atoms with Crippen molar-refractivity contribution < 1.29 is 9.90 Å². The van der Waals surface area contributed by atoms with Gasteiger partial charge in [-0.05, 0) is 31.6 Å². The van der Waals surface area contributed by atoms with Gasteiger partial charge in [-0.3, -0.25) is 4.79 Å². The molecule has 0 spiro atoms. The molecule has 7 nitrogen and oxygen atoms in total. The number of hydrogen-bond donors (Lipinski definition) is 3. The number of rotatable bonds is 6. The Bertz CT molecular complexity index is 992. The maximum atomic E-state index is 12.6. The average Bonchev–Trinajstić information content (AvgIpc) is 3.13. The summed E-state index contributed by atoms with van der Waals surface area (Å²) < 4.78 is 2.13. The number of aliphatic hydroxyl groups excluding tert-OH is 1. The van der Waals surface area contributed by atoms with Crippen LogP contribution in [0.2, 0.25) is 0 Å². The van der Waals surface area contributed by atoms with Gasteiger partial charge >= 0.3 is 0 Å². The fourth-order valence-electron chi connectivity index (χ4n) is 4.27. The molecular weight excluding hydrogens is 366 g/mol. The quantitative estimate of drug-likeness (QED) is 0.602. The molecule has 0 aliphatic heterocycles. The minimum Gasteiger partial charge on any atom is -0.391 e. The smallest absolute Gasteiger partial charge is 0.269 e. The molecule has 0 radical (unpaired) electrons. The van der Waals surface area contributed by atoms with Crippen LogP contribution in [0.3, 0.4) is 0 Å². The van der Waals surface area contributed by atoms with Gasteiger partial charge in [0.1, 0.15) is 17.3 Å². The Hall–Kier alpha value is -2.93. The highest BCUT2D eigenvalue weighted by atomic mass is 16.3. The second kappa shape index (κ2) is 7.48. The van der Waals surface area contributed by atoms with E-state index < -0.39 is 6.10 Å². The molecule has 5 rings (SSSR count). The normalized spacial score (nSPS) is 24.0. The highest BCUT2D eigenvalue weighted by molar-refractivity contribution is 5.92. The Morgan fingerprint density at radius 3 is 2.83 bits per heavy atom. The third-order valence-electron chi connectivity index (χ3n) is 5.95. The second-order valence-electron chi connectivity index (χ2n) is 8.21. The van der Waals surface area contributed by atoms with Crippen LogP contribution in [0.25, 0.3) is 11.4 Å². The van der Waals surface area contributed by atoms with E-state index in [0.29, 0.717) is 18.0 Å². The fraction of sp³-hybridized carbons (Fsp3) is 0.409. The van der Waals surface area contributed by atoms with Crippen molar-refractivity contribution in [3.63, 3.8) is 0 Å². The summed E-state index contributed by atoms with van der Waals surface area (Å²) in [6, 6.07) is 9.85. The molecule has 3 aromatic rings. The van der Waals surface area contributed by atoms with E-state index in [-0.39, 0.29) is 17.9 Å². The van der Waals surface area contributed by atoms with E-state index in [0.717, 1.165) is 43.0 Å². The van der Waals surface area contributed by atoms with Crippen molar-refractivity contribution in [1.82, 2.24) is 24.8 Å². The number of aromatic nitrogens is 4. The second-order valence-corrected chi connectivity index (χ2v) is 8.21. The zero-order valence-electron chi connectivity index (χ0n) is 16.2. The van der Waals surface area contributed by atoms with Crippen LogP contribution in [0.15, 0.2) is 48.9 Å². The number of H-pyrrole nitrogens is 1. The van der Waals surface area contributed by atoms with Crippen LogP contribution in [-0.4, -0.2) is 42.7 Å². The molecule has 150 valence electrons. The summed E-state index contributed by atoms with van der Waals surface area (Å²) in [6.07, 6.45) is 8.51. The van der Waals surface area contributed by atoms with E-state index in [2.05, 4.69) is 24.8 Å². The maximum absolute atomic E-state index is 12.6. The highest BCUT2D eigenvalue weighted by Gasteiger charge is 2.35. The first-order valence-corrected chi connectivity index (χ1v) is 10.3. The van der Waals surface area contributed by atoms with Crippen LogP contribution in [0.5, 0.6) is 0 Å². The van der Waals surface area contributed by atoms with Gasteiger partial charge in [0.25, 0.3) is 5.91 Å². The van der Waals surface area contributed by atoms with E-state index in [9.17, 15) is 9.90 Å². The van der Waals surface area contributed by atoms with Crippen molar-refractivity contribution >= 4 is 5.91 Å². The summed E-state index contributed by atoms with van der Waals surface area (Å²) in [5.74, 6) is 2.38. The van der Waals surface area contributed by atoms with Crippen LogP contribution in [0.4, 0.5) is 0 Å². The predicted octanol–water partition coefficient (Wildman–Crippen LogP) is 2.72. The number of nitrogens with one attached hydrogen (secondary N) is 2. The van der Waals surface area contributed by atoms with Crippen molar-refractivity contribution in [2.45, 2.75) is 50.3 Å². The third-order valence-corrected chi connectivity index (χ3v) is 5.95. The van der Waals surface area contributed by atoms with Crippen molar-refractivity contribution in [2.24, 2.45) is 5.92 Å². The molecule has 2 aliphatic rings. The molecule has 2 saturated carbocycles. The molecule has 7 heteroatoms. The lowest BCUT2D eigenvalue weighted by atomic mass is 10.1. The number of aliphatic hydroxyl groups is 1. The molecule has 2 aliphatic carbocycles. The van der Waals surface area contributed by atoms with Gasteiger partial charge in [0.15, 0.2) is 0 Å². The SMILES string of the molecule is O=C(N[C@@H]1CC(Cn2ccnc2-c2ccccc2)C[C@H]1O)c1cnc(C2CC2)[nH]1. The zero-order chi connectivity index (χ0) is 19.8. The van der Waals surface area contributed by atoms with Gasteiger partial charge in [0.05, 0.1) is 18.3 Å². The first-order valence-electron chi connectivity index (χ1n) is 10.3. The topological polar surface area (TPSA) is 95.8 Å². The molecule has 3 atom stereocenters. The summed E-state index contributed by atoms with van der Waals surface area (Å²) in [7, 11) is 0. The first kappa shape index (κ1) is 18.1. The highest BCUT2D eigenvalue weighted by Crippen LogP contribution is 2.38. The minimum atomic E-state index is -0.543. The average molecular weight is 391 g/mol. The summed E-state index contributed by atoms with van der Waals surface area (Å²) in [5, 5.41) is 13.5. The fourth-order valence-corrected chi connectivity index (χ4v) is 4.27. The molecule has 1 amide bonds. The lowest BCUT2D eigenvalue weighted by molar-refractivity contribution is 0.0868. The Morgan fingerprint density at radius 1 is 1.21 bits per heavy atom. The van der Waals surface area contributed by atoms with Crippen molar-refractivity contribution in [3.05, 3.63) is 60.4 Å². The molecular formula is C22H25N5O2. The van der Waals surface area contributed by atoms with Crippen LogP contribution in [0.1, 0.15) is 47.9 Å². The van der Waals surface area contributed by atoms with E-state index in [1.165, 1.54) is 0 Å². The lowest BCUT2D eigenvalue weighted by Crippen LogP contribution is -2.40. The Labute approximate surface area is 169 Å². The molecule has 2 aromatic heterocycles. The van der Waals surface area contributed by atoms with Crippen LogP contribution >= 0.6 is 0 Å². The number of imidazole rings is 2. The number of amides is 1. The van der Waals surface area contributed by atoms with E-state index in [1.807, 2.05) is 42.7 Å². The summed E-state index contributed by atoms with van der Waals surface area (Å²) >= 11 is 0. The molecule has 0 saturated heterocycles. The number of benzene rings is 1. The van der Waals surface area contributed by atoms with E-state index in [4.69, 9.17) is 0 Å². The van der Waals surface area contributed by atoms with Crippen LogP contribution < -0.4 is 5.32 Å². The summed E-state index contributed by atoms with van der Waals surface area (Å²) in [4.78, 5) is 24.5. The Morgan fingerprint density at radius 2 is 2.03 bits per heavy atom. The summed E-state index contributed by atoms with van der Waals surface area (Å²) in [5.41, 5.74) is 1.55. The van der Waals surface area contributed by atoms with Gasteiger partial charge in [-0.1, -0.05) is 30.3 Å². The zero-order valence-corrected chi connectivity index (χ0v) is 16.2. The van der Waals surface area contributed by atoms with Gasteiger partial charge in [0, 0.05) is 30.4 Å². The number of nitrogens with zero attached hydrogens (tertiary/aromatic N) is 3. The third kappa shape index (κ3) is 3.82. The van der Waals surface area contributed by atoms with Crippen molar-refractivity contribution in [1.29, 1.82) is 0 Å². The van der Waals surface area contributed by atoms with Crippen LogP contribution in [0, 0.1) is 5.92 Å². The largest absolute Gasteiger partial charge is 0.391 e. The molecule has 29 heavy (non-hydrogen) atoms. The van der Waals surface area contributed by atoms with Gasteiger partial charge in [-0.2, -0.15) is 0 Å². The Balaban J connectivity index is 1.22. The molecule has 3 N–H and O–H groups in total. The van der Waals surface area contributed by atoms with Gasteiger partial charge < -0.3 is 20.0 Å². The van der Waals surface area contributed by atoms with Gasteiger partial charge in [-0.15, -0.1) is 0 Å². The Kier molecular flexibility index (Phi) is 4.67. The molecule has 0 bridgehead atoms. The first-order chi connectivity index (χ1) is 14.2. The van der Waals surface area contributed by atoms with Gasteiger partial charge in [-0.25, -0.2) is 9.97 Å². The number of hydrogen-bond acceptors (Lipinski definition) is 4. The lowest BCUT2D eigenvalue weighted by Gasteiger charge is -2.16. The molecule has 2 fully saturated rings. The van der Waals surface area contributed by atoms with Crippen LogP contribution in [-0.2, 0) is 6.54 Å². The van der Waals surface area contributed by atoms with E-state index >= 15 is 0 Å². The van der Waals surface area contributed by atoms with Gasteiger partial charge in [0.2, 0.25) is 0 Å². The van der Waals surface area contributed by atoms with Crippen molar-refractivity contribution in [3.8, 4) is 11.4 Å². The standard InChI is InChI=1S/C22H25N5O2/c28-19-11-14(13-27-9-8-23-21(27)16-4-2-1-3-5-16)10-17(19)26-22(29)18-12-24-20(25-18)15-6-7-15/h1-5,8-9,12,14-15,17,19,28H,6-7,10-11,13H2,(H,24,25)(H,26,29)/t14?,17-,19-/m1/s1. The van der Waals surface area contributed by atoms with E-state index in [1.54, 1.807) is 6.20 Å². The predicted molar refractivity (Wildman–Crippen MR) is 108 cm³/mol. The number of carbonyl (C=O) groups excluding carboxylic acids is 1. The molecule has 2 heterocycles. The molecule has 1 aromatic carbocycles.